The summed E-state index contributed by atoms with van der Waals surface area (Å²) in [5, 5.41) is 12.4. The van der Waals surface area contributed by atoms with Crippen molar-refractivity contribution in [3.63, 3.8) is 0 Å². The Bertz CT molecular complexity index is 557. The molecule has 0 saturated carbocycles. The summed E-state index contributed by atoms with van der Waals surface area (Å²) in [6, 6.07) is 7.88. The van der Waals surface area contributed by atoms with Gasteiger partial charge in [-0.25, -0.2) is 0 Å². The normalized spacial score (nSPS) is 15.6. The van der Waals surface area contributed by atoms with Gasteiger partial charge in [0.1, 0.15) is 5.75 Å². The third kappa shape index (κ3) is 3.05. The number of ether oxygens (including phenoxy) is 1. The number of hydrogen-bond donors (Lipinski definition) is 1. The van der Waals surface area contributed by atoms with Gasteiger partial charge in [0.25, 0.3) is 0 Å². The number of benzene rings is 1. The zero-order valence-corrected chi connectivity index (χ0v) is 12.4. The van der Waals surface area contributed by atoms with Crippen molar-refractivity contribution in [1.29, 1.82) is 5.26 Å². The molecule has 2 rings (SSSR count). The third-order valence-corrected chi connectivity index (χ3v) is 3.77. The summed E-state index contributed by atoms with van der Waals surface area (Å²) in [5.41, 5.74) is 4.36. The average molecular weight is 271 g/mol. The predicted molar refractivity (Wildman–Crippen MR) is 80.9 cm³/mol. The van der Waals surface area contributed by atoms with E-state index in [1.54, 1.807) is 13.2 Å². The van der Waals surface area contributed by atoms with Crippen molar-refractivity contribution in [1.82, 2.24) is 5.32 Å². The Morgan fingerprint density at radius 3 is 2.80 bits per heavy atom. The molecule has 0 atom stereocenters. The summed E-state index contributed by atoms with van der Waals surface area (Å²) < 4.78 is 5.29. The van der Waals surface area contributed by atoms with Gasteiger partial charge < -0.3 is 15.0 Å². The van der Waals surface area contributed by atoms with Crippen LogP contribution >= 0.6 is 0 Å². The Labute approximate surface area is 120 Å². The first kappa shape index (κ1) is 14.3. The molecule has 0 saturated heterocycles. The molecule has 0 radical (unpaired) electrons. The SMILES string of the molecule is CNC1=C(C)CCCN(c2cc(C#N)cc(OC)c2)C1. The molecule has 1 aliphatic rings. The van der Waals surface area contributed by atoms with Crippen molar-refractivity contribution in [2.24, 2.45) is 0 Å². The number of methoxy groups -OCH3 is 1. The molecule has 0 aromatic heterocycles. The van der Waals surface area contributed by atoms with E-state index in [-0.39, 0.29) is 0 Å². The molecule has 0 amide bonds. The van der Waals surface area contributed by atoms with Gasteiger partial charge >= 0.3 is 0 Å². The lowest BCUT2D eigenvalue weighted by molar-refractivity contribution is 0.414. The fourth-order valence-corrected chi connectivity index (χ4v) is 2.55. The van der Waals surface area contributed by atoms with Gasteiger partial charge in [-0.15, -0.1) is 0 Å². The Hall–Kier alpha value is -2.15. The van der Waals surface area contributed by atoms with E-state index >= 15 is 0 Å². The monoisotopic (exact) mass is 271 g/mol. The molecule has 0 bridgehead atoms. The molecule has 1 aliphatic heterocycles. The number of nitrogens with one attached hydrogen (secondary N) is 1. The molecule has 1 N–H and O–H groups in total. The number of hydrogen-bond acceptors (Lipinski definition) is 4. The van der Waals surface area contributed by atoms with E-state index in [9.17, 15) is 0 Å². The summed E-state index contributed by atoms with van der Waals surface area (Å²) in [6.07, 6.45) is 2.23. The van der Waals surface area contributed by atoms with Gasteiger partial charge in [-0.2, -0.15) is 5.26 Å². The maximum Gasteiger partial charge on any atom is 0.122 e. The van der Waals surface area contributed by atoms with Crippen molar-refractivity contribution < 1.29 is 4.74 Å². The second-order valence-electron chi connectivity index (χ2n) is 5.07. The highest BCUT2D eigenvalue weighted by atomic mass is 16.5. The summed E-state index contributed by atoms with van der Waals surface area (Å²) in [7, 11) is 3.60. The minimum atomic E-state index is 0.635. The molecule has 0 spiro atoms. The second kappa shape index (κ2) is 6.33. The molecule has 1 aromatic carbocycles. The van der Waals surface area contributed by atoms with Crippen LogP contribution < -0.4 is 15.0 Å². The lowest BCUT2D eigenvalue weighted by Crippen LogP contribution is -2.29. The van der Waals surface area contributed by atoms with Crippen molar-refractivity contribution >= 4 is 5.69 Å². The number of anilines is 1. The Morgan fingerprint density at radius 1 is 1.35 bits per heavy atom. The van der Waals surface area contributed by atoms with E-state index < -0.39 is 0 Å². The molecule has 0 fully saturated rings. The third-order valence-electron chi connectivity index (χ3n) is 3.77. The van der Waals surface area contributed by atoms with Crippen LogP contribution in [-0.2, 0) is 0 Å². The van der Waals surface area contributed by atoms with Crippen LogP contribution in [0.15, 0.2) is 29.5 Å². The van der Waals surface area contributed by atoms with Crippen LogP contribution in [0.5, 0.6) is 5.75 Å². The second-order valence-corrected chi connectivity index (χ2v) is 5.07. The molecule has 4 heteroatoms. The number of allylic oxidation sites excluding steroid dienone is 1. The summed E-state index contributed by atoms with van der Waals surface area (Å²) in [4.78, 5) is 2.30. The topological polar surface area (TPSA) is 48.3 Å². The van der Waals surface area contributed by atoms with Crippen molar-refractivity contribution in [2.75, 3.05) is 32.1 Å². The molecule has 0 aliphatic carbocycles. The maximum absolute atomic E-state index is 9.13. The van der Waals surface area contributed by atoms with E-state index in [1.807, 2.05) is 19.2 Å². The molecule has 1 heterocycles. The van der Waals surface area contributed by atoms with Gasteiger partial charge in [-0.1, -0.05) is 5.57 Å². The first-order valence-corrected chi connectivity index (χ1v) is 6.88. The molecule has 20 heavy (non-hydrogen) atoms. The standard InChI is InChI=1S/C16H21N3O/c1-12-5-4-6-19(11-16(12)18-2)14-7-13(10-17)8-15(9-14)20-3/h7-9,18H,4-6,11H2,1-3H3. The average Bonchev–Trinajstić information content (AvgIpc) is 2.68. The van der Waals surface area contributed by atoms with Crippen LogP contribution in [-0.4, -0.2) is 27.2 Å². The molecule has 106 valence electrons. The zero-order chi connectivity index (χ0) is 14.5. The van der Waals surface area contributed by atoms with Crippen molar-refractivity contribution in [3.8, 4) is 11.8 Å². The van der Waals surface area contributed by atoms with Crippen LogP contribution in [0.3, 0.4) is 0 Å². The van der Waals surface area contributed by atoms with Crippen LogP contribution in [0.1, 0.15) is 25.3 Å². The van der Waals surface area contributed by atoms with Gasteiger partial charge in [0.2, 0.25) is 0 Å². The van der Waals surface area contributed by atoms with Crippen molar-refractivity contribution in [2.45, 2.75) is 19.8 Å². The van der Waals surface area contributed by atoms with Crippen LogP contribution in [0, 0.1) is 11.3 Å². The van der Waals surface area contributed by atoms with Gasteiger partial charge in [0.05, 0.1) is 25.3 Å². The zero-order valence-electron chi connectivity index (χ0n) is 12.4. The minimum absolute atomic E-state index is 0.635. The quantitative estimate of drug-likeness (QED) is 0.918. The van der Waals surface area contributed by atoms with E-state index in [4.69, 9.17) is 10.00 Å². The fourth-order valence-electron chi connectivity index (χ4n) is 2.55. The van der Waals surface area contributed by atoms with Gasteiger partial charge in [-0.05, 0) is 31.9 Å². The van der Waals surface area contributed by atoms with Crippen LogP contribution in [0.4, 0.5) is 5.69 Å². The lowest BCUT2D eigenvalue weighted by Gasteiger charge is -2.25. The van der Waals surface area contributed by atoms with Crippen LogP contribution in [0.2, 0.25) is 0 Å². The fraction of sp³-hybridized carbons (Fsp3) is 0.438. The highest BCUT2D eigenvalue weighted by Crippen LogP contribution is 2.27. The number of nitriles is 1. The molecular formula is C16H21N3O. The highest BCUT2D eigenvalue weighted by molar-refractivity contribution is 5.57. The number of nitrogens with zero attached hydrogens (tertiary/aromatic N) is 2. The van der Waals surface area contributed by atoms with Gasteiger partial charge in [0.15, 0.2) is 0 Å². The van der Waals surface area contributed by atoms with Gasteiger partial charge in [0, 0.05) is 31.0 Å². The van der Waals surface area contributed by atoms with Crippen LogP contribution in [0.25, 0.3) is 0 Å². The summed E-state index contributed by atoms with van der Waals surface area (Å²) in [5.74, 6) is 0.731. The van der Waals surface area contributed by atoms with E-state index in [0.29, 0.717) is 5.56 Å². The summed E-state index contributed by atoms with van der Waals surface area (Å²) in [6.45, 7) is 4.02. The smallest absolute Gasteiger partial charge is 0.122 e. The minimum Gasteiger partial charge on any atom is -0.497 e. The van der Waals surface area contributed by atoms with Crippen molar-refractivity contribution in [3.05, 3.63) is 35.0 Å². The van der Waals surface area contributed by atoms with E-state index in [0.717, 1.165) is 37.4 Å². The maximum atomic E-state index is 9.13. The van der Waals surface area contributed by atoms with E-state index in [1.165, 1.54) is 11.3 Å². The molecule has 4 nitrogen and oxygen atoms in total. The Kier molecular flexibility index (Phi) is 4.52. The first-order chi connectivity index (χ1) is 9.67. The lowest BCUT2D eigenvalue weighted by atomic mass is 10.1. The van der Waals surface area contributed by atoms with E-state index in [2.05, 4.69) is 23.2 Å². The summed E-state index contributed by atoms with van der Waals surface area (Å²) >= 11 is 0. The predicted octanol–water partition coefficient (Wildman–Crippen LogP) is 2.66. The molecular weight excluding hydrogens is 250 g/mol. The molecule has 1 aromatic rings. The molecule has 0 unspecified atom stereocenters. The Morgan fingerprint density at radius 2 is 2.15 bits per heavy atom. The number of likely N-dealkylation sites (N-methyl/N-ethyl adjacent to an activating group) is 1. The Balaban J connectivity index is 2.33. The first-order valence-electron chi connectivity index (χ1n) is 6.88. The van der Waals surface area contributed by atoms with Gasteiger partial charge in [-0.3, -0.25) is 0 Å². The largest absolute Gasteiger partial charge is 0.497 e. The number of rotatable bonds is 3. The highest BCUT2D eigenvalue weighted by Gasteiger charge is 2.15.